The van der Waals surface area contributed by atoms with Crippen LogP contribution in [-0.4, -0.2) is 66.4 Å². The first-order valence-electron chi connectivity index (χ1n) is 6.00. The molecule has 5 heteroatoms. The summed E-state index contributed by atoms with van der Waals surface area (Å²) in [5, 5.41) is 0. The zero-order chi connectivity index (χ0) is 12.1. The molecule has 0 atom stereocenters. The highest BCUT2D eigenvalue weighted by Gasteiger charge is 2.26. The maximum Gasteiger partial charge on any atom is 0.327 e. The van der Waals surface area contributed by atoms with Crippen molar-refractivity contribution in [3.63, 3.8) is 0 Å². The summed E-state index contributed by atoms with van der Waals surface area (Å²) in [4.78, 5) is 27.1. The summed E-state index contributed by atoms with van der Waals surface area (Å²) in [5.41, 5.74) is 0. The highest BCUT2D eigenvalue weighted by atomic mass is 16.2. The Hall–Kier alpha value is -1.54. The van der Waals surface area contributed by atoms with Crippen molar-refractivity contribution >= 4 is 12.4 Å². The number of carbonyl (C=O) groups is 2. The van der Waals surface area contributed by atoms with Crippen LogP contribution in [0.3, 0.4) is 0 Å². The molecule has 5 nitrogen and oxygen atoms in total. The van der Waals surface area contributed by atoms with Gasteiger partial charge in [-0.25, -0.2) is 4.79 Å². The van der Waals surface area contributed by atoms with Crippen LogP contribution in [0, 0.1) is 11.8 Å². The molecule has 2 saturated heterocycles. The molecule has 3 amide bonds. The molecule has 2 heterocycles. The first-order chi connectivity index (χ1) is 8.31. The van der Waals surface area contributed by atoms with E-state index in [1.807, 2.05) is 0 Å². The SMILES string of the molecule is O=CN1CCN(CC#CCN2CCCC2)C1=O. The van der Waals surface area contributed by atoms with Crippen molar-refractivity contribution in [3.8, 4) is 11.8 Å². The maximum absolute atomic E-state index is 11.5. The van der Waals surface area contributed by atoms with Crippen molar-refractivity contribution < 1.29 is 9.59 Å². The van der Waals surface area contributed by atoms with Gasteiger partial charge in [-0.05, 0) is 25.9 Å². The molecule has 2 aliphatic rings. The normalized spacial score (nSPS) is 20.6. The fraction of sp³-hybridized carbons (Fsp3) is 0.667. The lowest BCUT2D eigenvalue weighted by atomic mass is 10.4. The van der Waals surface area contributed by atoms with Crippen molar-refractivity contribution in [1.82, 2.24) is 14.7 Å². The summed E-state index contributed by atoms with van der Waals surface area (Å²) in [5.74, 6) is 6.08. The lowest BCUT2D eigenvalue weighted by molar-refractivity contribution is -0.115. The molecule has 2 aliphatic heterocycles. The maximum atomic E-state index is 11.5. The van der Waals surface area contributed by atoms with Gasteiger partial charge in [-0.15, -0.1) is 0 Å². The second kappa shape index (κ2) is 5.69. The van der Waals surface area contributed by atoms with Crippen LogP contribution >= 0.6 is 0 Å². The van der Waals surface area contributed by atoms with E-state index in [0.717, 1.165) is 19.6 Å². The van der Waals surface area contributed by atoms with Crippen molar-refractivity contribution in [3.05, 3.63) is 0 Å². The number of rotatable bonds is 3. The molecular weight excluding hydrogens is 218 g/mol. The van der Waals surface area contributed by atoms with Crippen LogP contribution in [0.4, 0.5) is 4.79 Å². The van der Waals surface area contributed by atoms with Gasteiger partial charge in [0.1, 0.15) is 0 Å². The molecule has 0 N–H and O–H groups in total. The van der Waals surface area contributed by atoms with Crippen LogP contribution < -0.4 is 0 Å². The Morgan fingerprint density at radius 1 is 1.06 bits per heavy atom. The molecule has 0 unspecified atom stereocenters. The molecule has 0 aromatic rings. The van der Waals surface area contributed by atoms with E-state index >= 15 is 0 Å². The Morgan fingerprint density at radius 2 is 1.76 bits per heavy atom. The lowest BCUT2D eigenvalue weighted by Gasteiger charge is -2.11. The minimum absolute atomic E-state index is 0.226. The Balaban J connectivity index is 1.73. The number of carbonyl (C=O) groups excluding carboxylic acids is 2. The van der Waals surface area contributed by atoms with Crippen molar-refractivity contribution in [1.29, 1.82) is 0 Å². The molecule has 0 aromatic carbocycles. The zero-order valence-electron chi connectivity index (χ0n) is 9.89. The number of hydrogen-bond donors (Lipinski definition) is 0. The van der Waals surface area contributed by atoms with Crippen LogP contribution in [0.2, 0.25) is 0 Å². The number of hydrogen-bond acceptors (Lipinski definition) is 3. The third kappa shape index (κ3) is 2.98. The summed E-state index contributed by atoms with van der Waals surface area (Å²) in [6, 6.07) is -0.226. The van der Waals surface area contributed by atoms with Gasteiger partial charge >= 0.3 is 6.03 Å². The van der Waals surface area contributed by atoms with Gasteiger partial charge in [-0.1, -0.05) is 11.8 Å². The Kier molecular flexibility index (Phi) is 3.99. The van der Waals surface area contributed by atoms with E-state index in [1.54, 1.807) is 4.90 Å². The minimum atomic E-state index is -0.226. The molecule has 17 heavy (non-hydrogen) atoms. The molecular formula is C12H17N3O2. The van der Waals surface area contributed by atoms with Crippen LogP contribution in [0.1, 0.15) is 12.8 Å². The molecule has 0 aliphatic carbocycles. The molecule has 0 aromatic heterocycles. The van der Waals surface area contributed by atoms with Crippen LogP contribution in [0.15, 0.2) is 0 Å². The number of amides is 3. The second-order valence-corrected chi connectivity index (χ2v) is 4.34. The number of nitrogens with zero attached hydrogens (tertiary/aromatic N) is 3. The smallest absolute Gasteiger partial charge is 0.311 e. The predicted octanol–water partition coefficient (Wildman–Crippen LogP) is -0.0204. The van der Waals surface area contributed by atoms with Gasteiger partial charge < -0.3 is 4.90 Å². The topological polar surface area (TPSA) is 43.9 Å². The standard InChI is InChI=1S/C12H17N3O2/c16-11-15-10-9-14(12(15)17)8-4-3-7-13-5-1-2-6-13/h11H,1-2,5-10H2. The molecule has 0 saturated carbocycles. The van der Waals surface area contributed by atoms with Crippen molar-refractivity contribution in [2.75, 3.05) is 39.3 Å². The van der Waals surface area contributed by atoms with E-state index in [0.29, 0.717) is 26.0 Å². The third-order valence-electron chi connectivity index (χ3n) is 3.15. The second-order valence-electron chi connectivity index (χ2n) is 4.34. The van der Waals surface area contributed by atoms with E-state index in [1.165, 1.54) is 17.7 Å². The summed E-state index contributed by atoms with van der Waals surface area (Å²) in [6.07, 6.45) is 3.11. The molecule has 0 spiro atoms. The monoisotopic (exact) mass is 235 g/mol. The highest BCUT2D eigenvalue weighted by molar-refractivity contribution is 5.86. The highest BCUT2D eigenvalue weighted by Crippen LogP contribution is 2.06. The van der Waals surface area contributed by atoms with Crippen molar-refractivity contribution in [2.45, 2.75) is 12.8 Å². The summed E-state index contributed by atoms with van der Waals surface area (Å²) in [6.45, 7) is 4.56. The Labute approximate surface area is 101 Å². The summed E-state index contributed by atoms with van der Waals surface area (Å²) < 4.78 is 0. The van der Waals surface area contributed by atoms with Gasteiger partial charge in [-0.2, -0.15) is 0 Å². The predicted molar refractivity (Wildman–Crippen MR) is 63.2 cm³/mol. The van der Waals surface area contributed by atoms with Gasteiger partial charge in [0.2, 0.25) is 6.41 Å². The van der Waals surface area contributed by atoms with Crippen LogP contribution in [-0.2, 0) is 4.79 Å². The molecule has 0 bridgehead atoms. The number of urea groups is 1. The zero-order valence-corrected chi connectivity index (χ0v) is 9.89. The van der Waals surface area contributed by atoms with Gasteiger partial charge in [0.25, 0.3) is 0 Å². The molecule has 0 radical (unpaired) electrons. The minimum Gasteiger partial charge on any atom is -0.311 e. The fourth-order valence-electron chi connectivity index (χ4n) is 2.11. The third-order valence-corrected chi connectivity index (χ3v) is 3.15. The fourth-order valence-corrected chi connectivity index (χ4v) is 2.11. The first kappa shape index (κ1) is 11.9. The van der Waals surface area contributed by atoms with Gasteiger partial charge in [0, 0.05) is 13.1 Å². The van der Waals surface area contributed by atoms with E-state index < -0.39 is 0 Å². The molecule has 2 rings (SSSR count). The molecule has 2 fully saturated rings. The van der Waals surface area contributed by atoms with Crippen molar-refractivity contribution in [2.24, 2.45) is 0 Å². The van der Waals surface area contributed by atoms with E-state index in [-0.39, 0.29) is 6.03 Å². The number of likely N-dealkylation sites (tertiary alicyclic amines) is 1. The van der Waals surface area contributed by atoms with E-state index in [4.69, 9.17) is 0 Å². The quantitative estimate of drug-likeness (QED) is 0.510. The Bertz CT molecular complexity index is 352. The van der Waals surface area contributed by atoms with Crippen LogP contribution in [0.25, 0.3) is 0 Å². The average Bonchev–Trinajstić information content (AvgIpc) is 2.95. The Morgan fingerprint density at radius 3 is 2.41 bits per heavy atom. The van der Waals surface area contributed by atoms with E-state index in [9.17, 15) is 9.59 Å². The van der Waals surface area contributed by atoms with Gasteiger partial charge in [0.15, 0.2) is 0 Å². The number of imide groups is 1. The molecule has 92 valence electrons. The summed E-state index contributed by atoms with van der Waals surface area (Å²) in [7, 11) is 0. The van der Waals surface area contributed by atoms with Gasteiger partial charge in [-0.3, -0.25) is 14.6 Å². The van der Waals surface area contributed by atoms with E-state index in [2.05, 4.69) is 16.7 Å². The largest absolute Gasteiger partial charge is 0.327 e. The lowest BCUT2D eigenvalue weighted by Crippen LogP contribution is -2.31. The van der Waals surface area contributed by atoms with Crippen LogP contribution in [0.5, 0.6) is 0 Å². The summed E-state index contributed by atoms with van der Waals surface area (Å²) >= 11 is 0. The first-order valence-corrected chi connectivity index (χ1v) is 6.00. The average molecular weight is 235 g/mol. The van der Waals surface area contributed by atoms with Gasteiger partial charge in [0.05, 0.1) is 13.1 Å².